The van der Waals surface area contributed by atoms with Crippen LogP contribution in [0.1, 0.15) is 33.1 Å². The zero-order valence-electron chi connectivity index (χ0n) is 7.88. The predicted molar refractivity (Wildman–Crippen MR) is 48.2 cm³/mol. The highest BCUT2D eigenvalue weighted by Gasteiger charge is 2.23. The first-order valence-electron chi connectivity index (χ1n) is 4.64. The summed E-state index contributed by atoms with van der Waals surface area (Å²) in [7, 11) is 0. The summed E-state index contributed by atoms with van der Waals surface area (Å²) < 4.78 is 0. The first-order chi connectivity index (χ1) is 5.75. The zero-order valence-corrected chi connectivity index (χ0v) is 7.88. The largest absolute Gasteiger partial charge is 0.240 e. The summed E-state index contributed by atoms with van der Waals surface area (Å²) in [5.74, 6) is 0. The van der Waals surface area contributed by atoms with E-state index in [0.29, 0.717) is 18.6 Å². The molecule has 0 radical (unpaired) electrons. The van der Waals surface area contributed by atoms with Crippen molar-refractivity contribution in [1.82, 2.24) is 10.4 Å². The van der Waals surface area contributed by atoms with E-state index in [1.807, 2.05) is 0 Å². The number of piperidine rings is 1. The Morgan fingerprint density at radius 1 is 1.42 bits per heavy atom. The van der Waals surface area contributed by atoms with Gasteiger partial charge in [0.15, 0.2) is 0 Å². The van der Waals surface area contributed by atoms with Gasteiger partial charge >= 0.3 is 0 Å². The molecule has 2 atom stereocenters. The van der Waals surface area contributed by atoms with E-state index in [1.54, 1.807) is 0 Å². The molecular weight excluding hydrogens is 150 g/mol. The Hall–Kier alpha value is -0.590. The van der Waals surface area contributed by atoms with Crippen molar-refractivity contribution in [3.63, 3.8) is 0 Å². The highest BCUT2D eigenvalue weighted by Crippen LogP contribution is 2.19. The molecule has 1 N–H and O–H groups in total. The van der Waals surface area contributed by atoms with Crippen LogP contribution in [0.2, 0.25) is 0 Å². The van der Waals surface area contributed by atoms with Crippen LogP contribution in [-0.2, 0) is 0 Å². The Morgan fingerprint density at radius 2 is 2.00 bits per heavy atom. The maximum absolute atomic E-state index is 8.43. The van der Waals surface area contributed by atoms with E-state index in [0.717, 1.165) is 0 Å². The number of hydrazine groups is 1. The monoisotopic (exact) mass is 167 g/mol. The van der Waals surface area contributed by atoms with Crippen molar-refractivity contribution in [3.8, 4) is 6.07 Å². The molecule has 1 fully saturated rings. The average Bonchev–Trinajstić information content (AvgIpc) is 2.04. The Balaban J connectivity index is 2.41. The number of nitrogens with one attached hydrogen (secondary N) is 1. The summed E-state index contributed by atoms with van der Waals surface area (Å²) in [6.45, 7) is 4.84. The summed E-state index contributed by atoms with van der Waals surface area (Å²) in [5, 5.41) is 10.6. The molecule has 1 rings (SSSR count). The SMILES string of the molecule is CC1CCCC(C)N1NCC#N. The molecule has 0 aromatic carbocycles. The highest BCUT2D eigenvalue weighted by atomic mass is 15.5. The second-order valence-electron chi connectivity index (χ2n) is 3.53. The molecule has 12 heavy (non-hydrogen) atoms. The van der Waals surface area contributed by atoms with E-state index < -0.39 is 0 Å². The van der Waals surface area contributed by atoms with E-state index in [9.17, 15) is 0 Å². The van der Waals surface area contributed by atoms with Gasteiger partial charge in [0.2, 0.25) is 0 Å². The van der Waals surface area contributed by atoms with Gasteiger partial charge in [-0.15, -0.1) is 0 Å². The van der Waals surface area contributed by atoms with E-state index >= 15 is 0 Å². The number of hydrogen-bond donors (Lipinski definition) is 1. The molecule has 0 bridgehead atoms. The van der Waals surface area contributed by atoms with Gasteiger partial charge in [-0.25, -0.2) is 10.4 Å². The number of nitriles is 1. The minimum absolute atomic E-state index is 0.425. The van der Waals surface area contributed by atoms with E-state index in [-0.39, 0.29) is 0 Å². The van der Waals surface area contributed by atoms with Gasteiger partial charge in [0, 0.05) is 12.1 Å². The molecular formula is C9H17N3. The summed E-state index contributed by atoms with van der Waals surface area (Å²) in [6.07, 6.45) is 3.79. The second-order valence-corrected chi connectivity index (χ2v) is 3.53. The van der Waals surface area contributed by atoms with Crippen molar-refractivity contribution >= 4 is 0 Å². The average molecular weight is 167 g/mol. The molecule has 1 heterocycles. The van der Waals surface area contributed by atoms with Crippen molar-refractivity contribution in [1.29, 1.82) is 5.26 Å². The lowest BCUT2D eigenvalue weighted by atomic mass is 10.00. The lowest BCUT2D eigenvalue weighted by Gasteiger charge is -2.38. The number of hydrogen-bond acceptors (Lipinski definition) is 3. The summed E-state index contributed by atoms with van der Waals surface area (Å²) in [5.41, 5.74) is 3.14. The predicted octanol–water partition coefficient (Wildman–Crippen LogP) is 1.28. The molecule has 3 nitrogen and oxygen atoms in total. The third-order valence-corrected chi connectivity index (χ3v) is 2.53. The lowest BCUT2D eigenvalue weighted by Crippen LogP contribution is -2.52. The van der Waals surface area contributed by atoms with Crippen molar-refractivity contribution in [3.05, 3.63) is 0 Å². The maximum Gasteiger partial charge on any atom is 0.0974 e. The van der Waals surface area contributed by atoms with E-state index in [1.165, 1.54) is 19.3 Å². The first kappa shape index (κ1) is 9.50. The minimum Gasteiger partial charge on any atom is -0.240 e. The highest BCUT2D eigenvalue weighted by molar-refractivity contribution is 4.80. The minimum atomic E-state index is 0.425. The fourth-order valence-corrected chi connectivity index (χ4v) is 1.86. The molecule has 0 spiro atoms. The molecule has 2 unspecified atom stereocenters. The molecule has 0 aliphatic carbocycles. The van der Waals surface area contributed by atoms with Crippen LogP contribution in [0, 0.1) is 11.3 Å². The van der Waals surface area contributed by atoms with Crippen LogP contribution >= 0.6 is 0 Å². The molecule has 1 aliphatic heterocycles. The molecule has 0 saturated carbocycles. The van der Waals surface area contributed by atoms with Crippen LogP contribution in [0.15, 0.2) is 0 Å². The van der Waals surface area contributed by atoms with E-state index in [4.69, 9.17) is 5.26 Å². The molecule has 0 amide bonds. The van der Waals surface area contributed by atoms with Crippen molar-refractivity contribution in [2.45, 2.75) is 45.2 Å². The second kappa shape index (κ2) is 4.44. The molecule has 0 aromatic rings. The Labute approximate surface area is 74.3 Å². The molecule has 0 aromatic heterocycles. The Morgan fingerprint density at radius 3 is 2.50 bits per heavy atom. The van der Waals surface area contributed by atoms with Gasteiger partial charge in [0.25, 0.3) is 0 Å². The molecule has 1 aliphatic rings. The smallest absolute Gasteiger partial charge is 0.0974 e. The summed E-state index contributed by atoms with van der Waals surface area (Å²) in [6, 6.07) is 3.25. The van der Waals surface area contributed by atoms with Gasteiger partial charge in [-0.3, -0.25) is 0 Å². The molecule has 1 saturated heterocycles. The molecule has 68 valence electrons. The molecule has 3 heteroatoms. The summed E-state index contributed by atoms with van der Waals surface area (Å²) in [4.78, 5) is 0. The fourth-order valence-electron chi connectivity index (χ4n) is 1.86. The fraction of sp³-hybridized carbons (Fsp3) is 0.889. The van der Waals surface area contributed by atoms with Crippen LogP contribution in [0.5, 0.6) is 0 Å². The quantitative estimate of drug-likeness (QED) is 0.630. The van der Waals surface area contributed by atoms with Gasteiger partial charge in [-0.2, -0.15) is 5.26 Å². The van der Waals surface area contributed by atoms with Gasteiger partial charge in [0.1, 0.15) is 0 Å². The Bertz CT molecular complexity index is 163. The van der Waals surface area contributed by atoms with Crippen molar-refractivity contribution in [2.75, 3.05) is 6.54 Å². The number of nitrogens with zero attached hydrogens (tertiary/aromatic N) is 2. The zero-order chi connectivity index (χ0) is 8.97. The Kier molecular flexibility index (Phi) is 3.51. The third-order valence-electron chi connectivity index (χ3n) is 2.53. The van der Waals surface area contributed by atoms with Crippen LogP contribution in [0.3, 0.4) is 0 Å². The van der Waals surface area contributed by atoms with Gasteiger partial charge in [-0.05, 0) is 26.7 Å². The summed E-state index contributed by atoms with van der Waals surface area (Å²) >= 11 is 0. The van der Waals surface area contributed by atoms with Crippen molar-refractivity contribution in [2.24, 2.45) is 0 Å². The number of rotatable bonds is 2. The van der Waals surface area contributed by atoms with Crippen molar-refractivity contribution < 1.29 is 0 Å². The maximum atomic E-state index is 8.43. The van der Waals surface area contributed by atoms with E-state index in [2.05, 4.69) is 30.4 Å². The van der Waals surface area contributed by atoms with Gasteiger partial charge in [-0.1, -0.05) is 6.42 Å². The third kappa shape index (κ3) is 2.20. The standard InChI is InChI=1S/C9H17N3/c1-8-4-3-5-9(2)12(8)11-7-6-10/h8-9,11H,3-5,7H2,1-2H3. The van der Waals surface area contributed by atoms with Crippen LogP contribution < -0.4 is 5.43 Å². The van der Waals surface area contributed by atoms with Gasteiger partial charge < -0.3 is 0 Å². The van der Waals surface area contributed by atoms with Crippen LogP contribution in [-0.4, -0.2) is 23.6 Å². The first-order valence-corrected chi connectivity index (χ1v) is 4.64. The topological polar surface area (TPSA) is 39.1 Å². The van der Waals surface area contributed by atoms with Crippen LogP contribution in [0.4, 0.5) is 0 Å². The lowest BCUT2D eigenvalue weighted by molar-refractivity contribution is 0.0519. The van der Waals surface area contributed by atoms with Crippen LogP contribution in [0.25, 0.3) is 0 Å². The normalized spacial score (nSPS) is 31.4. The van der Waals surface area contributed by atoms with Gasteiger partial charge in [0.05, 0.1) is 12.6 Å².